The summed E-state index contributed by atoms with van der Waals surface area (Å²) in [6.07, 6.45) is 1.68. The highest BCUT2D eigenvalue weighted by atomic mass is 35.5. The van der Waals surface area contributed by atoms with Gasteiger partial charge in [-0.1, -0.05) is 72.4 Å². The molecule has 0 heterocycles. The van der Waals surface area contributed by atoms with E-state index in [9.17, 15) is 18.0 Å². The number of hydrogen-bond acceptors (Lipinski definition) is 5. The molecule has 0 radical (unpaired) electrons. The molecule has 0 aromatic heterocycles. The Bertz CT molecular complexity index is 1470. The Hall–Kier alpha value is -3.27. The first kappa shape index (κ1) is 32.2. The molecule has 0 aliphatic rings. The molecule has 1 N–H and O–H groups in total. The van der Waals surface area contributed by atoms with Crippen molar-refractivity contribution in [1.82, 2.24) is 10.2 Å². The minimum absolute atomic E-state index is 0.00797. The fraction of sp³-hybridized carbons (Fsp3) is 0.333. The van der Waals surface area contributed by atoms with E-state index in [2.05, 4.69) is 5.32 Å². The summed E-state index contributed by atoms with van der Waals surface area (Å²) in [6, 6.07) is 16.9. The van der Waals surface area contributed by atoms with Gasteiger partial charge in [-0.2, -0.15) is 0 Å². The van der Waals surface area contributed by atoms with Crippen molar-refractivity contribution in [3.8, 4) is 5.75 Å². The Morgan fingerprint density at radius 2 is 1.71 bits per heavy atom. The first-order chi connectivity index (χ1) is 19.5. The van der Waals surface area contributed by atoms with Crippen LogP contribution >= 0.6 is 23.2 Å². The summed E-state index contributed by atoms with van der Waals surface area (Å²) in [7, 11) is -2.87. The monoisotopic (exact) mass is 619 g/mol. The van der Waals surface area contributed by atoms with Crippen LogP contribution in [0.25, 0.3) is 0 Å². The molecule has 0 unspecified atom stereocenters. The summed E-state index contributed by atoms with van der Waals surface area (Å²) in [6.45, 7) is 5.29. The quantitative estimate of drug-likeness (QED) is 0.243. The molecule has 3 rings (SSSR count). The third-order valence-electron chi connectivity index (χ3n) is 6.59. The number of anilines is 1. The lowest BCUT2D eigenvalue weighted by Crippen LogP contribution is -2.51. The highest BCUT2D eigenvalue weighted by molar-refractivity contribution is 7.92. The predicted octanol–water partition coefficient (Wildman–Crippen LogP) is 5.84. The number of nitrogens with zero attached hydrogens (tertiary/aromatic N) is 2. The number of unbranched alkanes of at least 4 members (excludes halogenated alkanes) is 1. The molecular weight excluding hydrogens is 585 g/mol. The smallest absolute Gasteiger partial charge is 0.264 e. The van der Waals surface area contributed by atoms with E-state index in [-0.39, 0.29) is 33.8 Å². The molecule has 3 aromatic rings. The van der Waals surface area contributed by atoms with Crippen LogP contribution in [0.5, 0.6) is 5.75 Å². The number of carbonyl (C=O) groups is 2. The van der Waals surface area contributed by atoms with E-state index in [0.717, 1.165) is 22.7 Å². The van der Waals surface area contributed by atoms with Gasteiger partial charge in [0.1, 0.15) is 18.3 Å². The predicted molar refractivity (Wildman–Crippen MR) is 163 cm³/mol. The molecule has 1 atom stereocenters. The number of halogens is 2. The first-order valence-electron chi connectivity index (χ1n) is 13.2. The summed E-state index contributed by atoms with van der Waals surface area (Å²) in [5, 5.41) is 3.54. The lowest BCUT2D eigenvalue weighted by molar-refractivity contribution is -0.139. The van der Waals surface area contributed by atoms with E-state index in [1.54, 1.807) is 49.4 Å². The number of aryl methyl sites for hydroxylation is 1. The summed E-state index contributed by atoms with van der Waals surface area (Å²) >= 11 is 12.7. The molecule has 0 bridgehead atoms. The van der Waals surface area contributed by atoms with E-state index < -0.39 is 28.5 Å². The Balaban J connectivity index is 2.08. The van der Waals surface area contributed by atoms with Crippen LogP contribution in [0.4, 0.5) is 5.69 Å². The molecule has 0 saturated carbocycles. The number of sulfonamides is 1. The Labute approximate surface area is 252 Å². The number of amides is 2. The van der Waals surface area contributed by atoms with Crippen LogP contribution in [0.2, 0.25) is 10.0 Å². The standard InChI is InChI=1S/C30H35Cl2N3O5S/c1-5-6-17-33-30(37)22(3)34(19-23-9-7-8-10-26(23)32)29(36)20-35(27-18-24(31)13-16-28(27)40-4)41(38,39)25-14-11-21(2)12-15-25/h7-16,18,22H,5-6,17,19-20H2,1-4H3,(H,33,37)/t22-/m1/s1. The zero-order valence-corrected chi connectivity index (χ0v) is 25.9. The third-order valence-corrected chi connectivity index (χ3v) is 8.97. The second-order valence-electron chi connectivity index (χ2n) is 9.57. The maximum atomic E-state index is 14.1. The molecule has 2 amide bonds. The van der Waals surface area contributed by atoms with Crippen LogP contribution < -0.4 is 14.4 Å². The van der Waals surface area contributed by atoms with Gasteiger partial charge in [-0.25, -0.2) is 8.42 Å². The van der Waals surface area contributed by atoms with Crippen molar-refractivity contribution in [3.05, 3.63) is 87.9 Å². The highest BCUT2D eigenvalue weighted by Crippen LogP contribution is 2.35. The summed E-state index contributed by atoms with van der Waals surface area (Å²) in [5.74, 6) is -0.756. The molecule has 0 saturated heterocycles. The number of carbonyl (C=O) groups excluding carboxylic acids is 2. The van der Waals surface area contributed by atoms with E-state index in [0.29, 0.717) is 17.1 Å². The van der Waals surface area contributed by atoms with Gasteiger partial charge in [0.05, 0.1) is 17.7 Å². The zero-order valence-electron chi connectivity index (χ0n) is 23.6. The molecule has 0 spiro atoms. The number of rotatable bonds is 13. The van der Waals surface area contributed by atoms with Crippen molar-refractivity contribution in [2.24, 2.45) is 0 Å². The lowest BCUT2D eigenvalue weighted by Gasteiger charge is -2.32. The SMILES string of the molecule is CCCCNC(=O)[C@@H](C)N(Cc1ccccc1Cl)C(=O)CN(c1cc(Cl)ccc1OC)S(=O)(=O)c1ccc(C)cc1. The largest absolute Gasteiger partial charge is 0.495 e. The fourth-order valence-corrected chi connectivity index (χ4v) is 5.92. The van der Waals surface area contributed by atoms with Crippen molar-refractivity contribution >= 4 is 50.7 Å². The van der Waals surface area contributed by atoms with Gasteiger partial charge in [-0.05, 0) is 62.2 Å². The molecule has 0 aliphatic heterocycles. The molecular formula is C30H35Cl2N3O5S. The molecule has 3 aromatic carbocycles. The third kappa shape index (κ3) is 8.15. The lowest BCUT2D eigenvalue weighted by atomic mass is 10.1. The Kier molecular flexibility index (Phi) is 11.5. The minimum Gasteiger partial charge on any atom is -0.495 e. The van der Waals surface area contributed by atoms with E-state index in [4.69, 9.17) is 27.9 Å². The normalized spacial score (nSPS) is 12.0. The molecule has 11 heteroatoms. The number of hydrogen-bond donors (Lipinski definition) is 1. The number of nitrogens with one attached hydrogen (secondary N) is 1. The van der Waals surface area contributed by atoms with Crippen molar-refractivity contribution < 1.29 is 22.7 Å². The second kappa shape index (κ2) is 14.6. The van der Waals surface area contributed by atoms with Crippen molar-refractivity contribution in [1.29, 1.82) is 0 Å². The van der Waals surface area contributed by atoms with Crippen molar-refractivity contribution in [3.63, 3.8) is 0 Å². The van der Waals surface area contributed by atoms with Crippen LogP contribution in [-0.4, -0.2) is 51.4 Å². The minimum atomic E-state index is -4.27. The van der Waals surface area contributed by atoms with Gasteiger partial charge < -0.3 is 15.0 Å². The van der Waals surface area contributed by atoms with E-state index >= 15 is 0 Å². The van der Waals surface area contributed by atoms with Gasteiger partial charge in [-0.3, -0.25) is 13.9 Å². The summed E-state index contributed by atoms with van der Waals surface area (Å²) in [4.78, 5) is 28.5. The van der Waals surface area contributed by atoms with Gasteiger partial charge in [0, 0.05) is 23.1 Å². The average Bonchev–Trinajstić information content (AvgIpc) is 2.95. The number of benzene rings is 3. The van der Waals surface area contributed by atoms with Gasteiger partial charge in [-0.15, -0.1) is 0 Å². The maximum Gasteiger partial charge on any atom is 0.264 e. The zero-order chi connectivity index (χ0) is 30.2. The fourth-order valence-electron chi connectivity index (χ4n) is 4.14. The number of methoxy groups -OCH3 is 1. The second-order valence-corrected chi connectivity index (χ2v) is 12.3. The van der Waals surface area contributed by atoms with Gasteiger partial charge in [0.25, 0.3) is 10.0 Å². The van der Waals surface area contributed by atoms with Crippen LogP contribution in [0.3, 0.4) is 0 Å². The van der Waals surface area contributed by atoms with Gasteiger partial charge >= 0.3 is 0 Å². The van der Waals surface area contributed by atoms with Crippen LogP contribution in [0.1, 0.15) is 37.8 Å². The summed E-state index contributed by atoms with van der Waals surface area (Å²) in [5.41, 5.74) is 1.58. The van der Waals surface area contributed by atoms with Crippen molar-refractivity contribution in [2.75, 3.05) is 24.5 Å². The van der Waals surface area contributed by atoms with Crippen LogP contribution in [-0.2, 0) is 26.2 Å². The van der Waals surface area contributed by atoms with Crippen LogP contribution in [0, 0.1) is 6.92 Å². The maximum absolute atomic E-state index is 14.1. The average molecular weight is 621 g/mol. The topological polar surface area (TPSA) is 96.0 Å². The molecule has 0 fully saturated rings. The van der Waals surface area contributed by atoms with Crippen LogP contribution in [0.15, 0.2) is 71.6 Å². The molecule has 8 nitrogen and oxygen atoms in total. The van der Waals surface area contributed by atoms with Gasteiger partial charge in [0.15, 0.2) is 0 Å². The van der Waals surface area contributed by atoms with Gasteiger partial charge in [0.2, 0.25) is 11.8 Å². The first-order valence-corrected chi connectivity index (χ1v) is 15.4. The molecule has 220 valence electrons. The van der Waals surface area contributed by atoms with E-state index in [1.807, 2.05) is 13.8 Å². The van der Waals surface area contributed by atoms with Crippen molar-refractivity contribution in [2.45, 2.75) is 51.1 Å². The summed E-state index contributed by atoms with van der Waals surface area (Å²) < 4.78 is 34.5. The number of ether oxygens (including phenoxy) is 1. The molecule has 0 aliphatic carbocycles. The Morgan fingerprint density at radius 3 is 2.34 bits per heavy atom. The highest BCUT2D eigenvalue weighted by Gasteiger charge is 2.34. The Morgan fingerprint density at radius 1 is 1.02 bits per heavy atom. The van der Waals surface area contributed by atoms with E-state index in [1.165, 1.54) is 36.3 Å². The molecule has 41 heavy (non-hydrogen) atoms.